The standard InChI is InChI=1S/C22H38N4O4/c1-6-23-20(24-15-18(27)19-9-8-14-29-19)26-12-10-17(11-13-26)16-25(7-2)21(28)30-22(3,4)5/h8-9,14,17-18,27H,6-7,10-13,15-16H2,1-5H3,(H,23,24). The van der Waals surface area contributed by atoms with Crippen LogP contribution in [0.3, 0.4) is 0 Å². The fourth-order valence-electron chi connectivity index (χ4n) is 3.47. The molecular formula is C22H38N4O4. The quantitative estimate of drug-likeness (QED) is 0.518. The first-order chi connectivity index (χ1) is 14.2. The van der Waals surface area contributed by atoms with Crippen molar-refractivity contribution in [3.05, 3.63) is 24.2 Å². The lowest BCUT2D eigenvalue weighted by Gasteiger charge is -2.36. The van der Waals surface area contributed by atoms with Crippen LogP contribution < -0.4 is 5.32 Å². The molecule has 30 heavy (non-hydrogen) atoms. The highest BCUT2D eigenvalue weighted by Crippen LogP contribution is 2.20. The van der Waals surface area contributed by atoms with Gasteiger partial charge in [-0.2, -0.15) is 0 Å². The number of aliphatic hydroxyl groups is 1. The smallest absolute Gasteiger partial charge is 0.410 e. The SMILES string of the molecule is CCNC(=NCC(O)c1ccco1)N1CCC(CN(CC)C(=O)OC(C)(C)C)CC1. The van der Waals surface area contributed by atoms with Crippen LogP contribution in [-0.2, 0) is 4.74 Å². The van der Waals surface area contributed by atoms with Gasteiger partial charge in [-0.3, -0.25) is 0 Å². The summed E-state index contributed by atoms with van der Waals surface area (Å²) in [6.07, 6.45) is 2.51. The average molecular weight is 423 g/mol. The van der Waals surface area contributed by atoms with Gasteiger partial charge in [0, 0.05) is 32.7 Å². The van der Waals surface area contributed by atoms with Crippen molar-refractivity contribution in [3.8, 4) is 0 Å². The molecule has 0 bridgehead atoms. The number of nitrogens with one attached hydrogen (secondary N) is 1. The first-order valence-corrected chi connectivity index (χ1v) is 11.0. The van der Waals surface area contributed by atoms with E-state index >= 15 is 0 Å². The van der Waals surface area contributed by atoms with Gasteiger partial charge in [-0.1, -0.05) is 0 Å². The third-order valence-corrected chi connectivity index (χ3v) is 5.05. The largest absolute Gasteiger partial charge is 0.467 e. The van der Waals surface area contributed by atoms with Gasteiger partial charge < -0.3 is 29.4 Å². The van der Waals surface area contributed by atoms with Crippen LogP contribution >= 0.6 is 0 Å². The van der Waals surface area contributed by atoms with Crippen molar-refractivity contribution in [1.29, 1.82) is 0 Å². The topological polar surface area (TPSA) is 90.5 Å². The molecule has 2 rings (SSSR count). The number of ether oxygens (including phenoxy) is 1. The molecule has 0 aromatic carbocycles. The highest BCUT2D eigenvalue weighted by atomic mass is 16.6. The van der Waals surface area contributed by atoms with Crippen LogP contribution in [0, 0.1) is 5.92 Å². The van der Waals surface area contributed by atoms with E-state index in [1.54, 1.807) is 23.3 Å². The molecule has 2 heterocycles. The number of likely N-dealkylation sites (tertiary alicyclic amines) is 1. The maximum absolute atomic E-state index is 12.4. The second kappa shape index (κ2) is 11.2. The van der Waals surface area contributed by atoms with E-state index in [0.717, 1.165) is 38.4 Å². The van der Waals surface area contributed by atoms with E-state index in [2.05, 4.69) is 15.2 Å². The third-order valence-electron chi connectivity index (χ3n) is 5.05. The van der Waals surface area contributed by atoms with E-state index in [9.17, 15) is 9.90 Å². The molecule has 1 saturated heterocycles. The maximum Gasteiger partial charge on any atom is 0.410 e. The Bertz CT molecular complexity index is 661. The summed E-state index contributed by atoms with van der Waals surface area (Å²) in [5.74, 6) is 1.77. The van der Waals surface area contributed by atoms with Gasteiger partial charge in [0.15, 0.2) is 5.96 Å². The molecule has 1 aliphatic rings. The number of carbonyl (C=O) groups excluding carboxylic acids is 1. The number of guanidine groups is 1. The number of aliphatic hydroxyl groups excluding tert-OH is 1. The fraction of sp³-hybridized carbons (Fsp3) is 0.727. The van der Waals surface area contributed by atoms with Gasteiger partial charge in [0.1, 0.15) is 17.5 Å². The van der Waals surface area contributed by atoms with Gasteiger partial charge in [0.05, 0.1) is 12.8 Å². The van der Waals surface area contributed by atoms with Crippen LogP contribution in [0.2, 0.25) is 0 Å². The zero-order valence-corrected chi connectivity index (χ0v) is 19.1. The molecule has 1 aromatic heterocycles. The minimum absolute atomic E-state index is 0.241. The molecule has 1 amide bonds. The van der Waals surface area contributed by atoms with Crippen molar-refractivity contribution in [2.45, 2.75) is 59.2 Å². The van der Waals surface area contributed by atoms with Gasteiger partial charge in [-0.25, -0.2) is 9.79 Å². The predicted molar refractivity (Wildman–Crippen MR) is 117 cm³/mol. The first kappa shape index (κ1) is 24.1. The van der Waals surface area contributed by atoms with Crippen LogP contribution in [0.15, 0.2) is 27.8 Å². The summed E-state index contributed by atoms with van der Waals surface area (Å²) in [7, 11) is 0. The Morgan fingerprint density at radius 3 is 2.63 bits per heavy atom. The molecule has 1 atom stereocenters. The summed E-state index contributed by atoms with van der Waals surface area (Å²) in [6.45, 7) is 13.8. The number of furan rings is 1. The van der Waals surface area contributed by atoms with E-state index in [4.69, 9.17) is 9.15 Å². The number of nitrogens with zero attached hydrogens (tertiary/aromatic N) is 3. The van der Waals surface area contributed by atoms with Gasteiger partial charge in [0.25, 0.3) is 0 Å². The van der Waals surface area contributed by atoms with Crippen molar-refractivity contribution in [2.24, 2.45) is 10.9 Å². The summed E-state index contributed by atoms with van der Waals surface area (Å²) >= 11 is 0. The molecule has 2 N–H and O–H groups in total. The molecule has 1 unspecified atom stereocenters. The van der Waals surface area contributed by atoms with E-state index in [1.165, 1.54) is 0 Å². The van der Waals surface area contributed by atoms with Crippen LogP contribution in [0.1, 0.15) is 59.3 Å². The Morgan fingerprint density at radius 2 is 2.10 bits per heavy atom. The Hall–Kier alpha value is -2.22. The van der Waals surface area contributed by atoms with Crippen molar-refractivity contribution < 1.29 is 19.1 Å². The van der Waals surface area contributed by atoms with Gasteiger partial charge in [-0.15, -0.1) is 0 Å². The average Bonchev–Trinajstić information content (AvgIpc) is 3.23. The highest BCUT2D eigenvalue weighted by molar-refractivity contribution is 5.80. The number of hydrogen-bond donors (Lipinski definition) is 2. The van der Waals surface area contributed by atoms with Crippen molar-refractivity contribution in [3.63, 3.8) is 0 Å². The Kier molecular flexibility index (Phi) is 9.02. The Balaban J connectivity index is 1.88. The van der Waals surface area contributed by atoms with Crippen molar-refractivity contribution in [1.82, 2.24) is 15.1 Å². The van der Waals surface area contributed by atoms with Gasteiger partial charge in [-0.05, 0) is 65.5 Å². The summed E-state index contributed by atoms with van der Waals surface area (Å²) < 4.78 is 10.8. The number of rotatable bonds is 7. The predicted octanol–water partition coefficient (Wildman–Crippen LogP) is 3.25. The van der Waals surface area contributed by atoms with E-state index < -0.39 is 11.7 Å². The molecule has 1 aliphatic heterocycles. The van der Waals surface area contributed by atoms with Crippen LogP contribution in [0.25, 0.3) is 0 Å². The molecule has 0 saturated carbocycles. The molecule has 1 aromatic rings. The summed E-state index contributed by atoms with van der Waals surface area (Å²) in [6, 6.07) is 3.51. The third kappa shape index (κ3) is 7.55. The van der Waals surface area contributed by atoms with Crippen molar-refractivity contribution in [2.75, 3.05) is 39.3 Å². The van der Waals surface area contributed by atoms with Crippen LogP contribution in [0.5, 0.6) is 0 Å². The van der Waals surface area contributed by atoms with E-state index in [1.807, 2.05) is 34.6 Å². The minimum Gasteiger partial charge on any atom is -0.467 e. The molecule has 1 fully saturated rings. The highest BCUT2D eigenvalue weighted by Gasteiger charge is 2.27. The lowest BCUT2D eigenvalue weighted by Crippen LogP contribution is -2.48. The number of carbonyl (C=O) groups is 1. The minimum atomic E-state index is -0.752. The van der Waals surface area contributed by atoms with E-state index in [-0.39, 0.29) is 12.6 Å². The van der Waals surface area contributed by atoms with Crippen LogP contribution in [-0.4, -0.2) is 71.8 Å². The zero-order chi connectivity index (χ0) is 22.1. The summed E-state index contributed by atoms with van der Waals surface area (Å²) in [5, 5.41) is 13.5. The molecular weight excluding hydrogens is 384 g/mol. The van der Waals surface area contributed by atoms with E-state index in [0.29, 0.717) is 24.8 Å². The monoisotopic (exact) mass is 422 g/mol. The lowest BCUT2D eigenvalue weighted by atomic mass is 9.96. The van der Waals surface area contributed by atoms with Crippen molar-refractivity contribution >= 4 is 12.1 Å². The summed E-state index contributed by atoms with van der Waals surface area (Å²) in [4.78, 5) is 21.0. The molecule has 170 valence electrons. The molecule has 8 nitrogen and oxygen atoms in total. The lowest BCUT2D eigenvalue weighted by molar-refractivity contribution is 0.0214. The molecule has 0 spiro atoms. The second-order valence-corrected chi connectivity index (χ2v) is 8.68. The Morgan fingerprint density at radius 1 is 1.40 bits per heavy atom. The first-order valence-electron chi connectivity index (χ1n) is 11.0. The summed E-state index contributed by atoms with van der Waals surface area (Å²) in [5.41, 5.74) is -0.481. The normalized spacial score (nSPS) is 17.0. The number of hydrogen-bond acceptors (Lipinski definition) is 5. The molecule has 0 radical (unpaired) electrons. The number of aliphatic imine (C=N–C) groups is 1. The maximum atomic E-state index is 12.4. The van der Waals surface area contributed by atoms with Gasteiger partial charge >= 0.3 is 6.09 Å². The number of piperidine rings is 1. The molecule has 0 aliphatic carbocycles. The number of amides is 1. The van der Waals surface area contributed by atoms with Crippen LogP contribution in [0.4, 0.5) is 4.79 Å². The van der Waals surface area contributed by atoms with Gasteiger partial charge in [0.2, 0.25) is 0 Å². The zero-order valence-electron chi connectivity index (χ0n) is 19.1. The fourth-order valence-corrected chi connectivity index (χ4v) is 3.47. The second-order valence-electron chi connectivity index (χ2n) is 8.68. The molecule has 8 heteroatoms. The Labute approximate surface area is 180 Å².